The molecule has 0 spiro atoms. The first-order valence-corrected chi connectivity index (χ1v) is 8.07. The van der Waals surface area contributed by atoms with Crippen LogP contribution in [0.2, 0.25) is 0 Å². The van der Waals surface area contributed by atoms with Gasteiger partial charge in [0.25, 0.3) is 0 Å². The zero-order chi connectivity index (χ0) is 18.2. The molecule has 0 heterocycles. The SMILES string of the molecule is CCCCN(CCCC)C(=O)C(=O)Nc1ccc(C(F)(F)F)cc1. The van der Waals surface area contributed by atoms with Crippen LogP contribution in [0.4, 0.5) is 18.9 Å². The Kier molecular flexibility index (Phi) is 7.74. The Bertz CT molecular complexity index is 534. The molecule has 24 heavy (non-hydrogen) atoms. The van der Waals surface area contributed by atoms with Crippen molar-refractivity contribution in [3.63, 3.8) is 0 Å². The zero-order valence-electron chi connectivity index (χ0n) is 13.9. The highest BCUT2D eigenvalue weighted by atomic mass is 19.4. The summed E-state index contributed by atoms with van der Waals surface area (Å²) in [6, 6.07) is 4.00. The number of carbonyl (C=O) groups is 2. The van der Waals surface area contributed by atoms with Gasteiger partial charge in [-0.2, -0.15) is 13.2 Å². The van der Waals surface area contributed by atoms with Crippen LogP contribution in [-0.2, 0) is 15.8 Å². The predicted octanol–water partition coefficient (Wildman–Crippen LogP) is 4.07. The first-order valence-electron chi connectivity index (χ1n) is 8.07. The second-order valence-electron chi connectivity index (χ2n) is 5.53. The van der Waals surface area contributed by atoms with E-state index in [0.717, 1.165) is 49.9 Å². The molecule has 0 aromatic heterocycles. The molecular weight excluding hydrogens is 321 g/mol. The number of unbranched alkanes of at least 4 members (excludes halogenated alkanes) is 2. The topological polar surface area (TPSA) is 49.4 Å². The van der Waals surface area contributed by atoms with Crippen molar-refractivity contribution in [2.45, 2.75) is 45.7 Å². The highest BCUT2D eigenvalue weighted by molar-refractivity contribution is 6.39. The Morgan fingerprint density at radius 3 is 1.92 bits per heavy atom. The fraction of sp³-hybridized carbons (Fsp3) is 0.529. The molecule has 2 amide bonds. The fourth-order valence-corrected chi connectivity index (χ4v) is 2.08. The van der Waals surface area contributed by atoms with Gasteiger partial charge in [0, 0.05) is 18.8 Å². The molecule has 7 heteroatoms. The largest absolute Gasteiger partial charge is 0.416 e. The number of carbonyl (C=O) groups excluding carboxylic acids is 2. The average molecular weight is 344 g/mol. The minimum Gasteiger partial charge on any atom is -0.334 e. The molecule has 1 aromatic carbocycles. The van der Waals surface area contributed by atoms with Crippen LogP contribution in [0.3, 0.4) is 0 Å². The highest BCUT2D eigenvalue weighted by Gasteiger charge is 2.30. The molecule has 1 rings (SSSR count). The van der Waals surface area contributed by atoms with Gasteiger partial charge in [0.15, 0.2) is 0 Å². The molecule has 0 unspecified atom stereocenters. The smallest absolute Gasteiger partial charge is 0.334 e. The van der Waals surface area contributed by atoms with Gasteiger partial charge in [-0.05, 0) is 37.1 Å². The van der Waals surface area contributed by atoms with Crippen LogP contribution in [0.5, 0.6) is 0 Å². The van der Waals surface area contributed by atoms with E-state index in [-0.39, 0.29) is 5.69 Å². The summed E-state index contributed by atoms with van der Waals surface area (Å²) in [6.07, 6.45) is -1.05. The summed E-state index contributed by atoms with van der Waals surface area (Å²) in [5.74, 6) is -1.49. The number of benzene rings is 1. The van der Waals surface area contributed by atoms with Crippen LogP contribution < -0.4 is 5.32 Å². The van der Waals surface area contributed by atoms with Crippen molar-refractivity contribution in [1.29, 1.82) is 0 Å². The van der Waals surface area contributed by atoms with Gasteiger partial charge in [-0.1, -0.05) is 26.7 Å². The minimum absolute atomic E-state index is 0.160. The quantitative estimate of drug-likeness (QED) is 0.758. The van der Waals surface area contributed by atoms with E-state index in [1.54, 1.807) is 0 Å². The van der Waals surface area contributed by atoms with Crippen molar-refractivity contribution in [2.24, 2.45) is 0 Å². The number of alkyl halides is 3. The lowest BCUT2D eigenvalue weighted by Gasteiger charge is -2.21. The van der Waals surface area contributed by atoms with Crippen molar-refractivity contribution < 1.29 is 22.8 Å². The summed E-state index contributed by atoms with van der Waals surface area (Å²) in [6.45, 7) is 4.97. The molecule has 0 saturated carbocycles. The van der Waals surface area contributed by atoms with Gasteiger partial charge in [0.1, 0.15) is 0 Å². The molecule has 134 valence electrons. The number of rotatable bonds is 7. The first kappa shape index (κ1) is 20.0. The van der Waals surface area contributed by atoms with Gasteiger partial charge < -0.3 is 10.2 Å². The number of halogens is 3. The Labute approximate surface area is 140 Å². The summed E-state index contributed by atoms with van der Waals surface area (Å²) in [4.78, 5) is 25.7. The Hall–Kier alpha value is -2.05. The monoisotopic (exact) mass is 344 g/mol. The zero-order valence-corrected chi connectivity index (χ0v) is 13.9. The molecule has 0 saturated heterocycles. The van der Waals surface area contributed by atoms with Crippen LogP contribution in [0.25, 0.3) is 0 Å². The third-order valence-electron chi connectivity index (χ3n) is 3.51. The number of anilines is 1. The molecule has 0 bridgehead atoms. The van der Waals surface area contributed by atoms with Gasteiger partial charge in [0.2, 0.25) is 0 Å². The molecule has 0 aliphatic carbocycles. The number of hydrogen-bond donors (Lipinski definition) is 1. The van der Waals surface area contributed by atoms with Crippen molar-refractivity contribution in [3.05, 3.63) is 29.8 Å². The summed E-state index contributed by atoms with van der Waals surface area (Å²) >= 11 is 0. The van der Waals surface area contributed by atoms with Crippen molar-refractivity contribution >= 4 is 17.5 Å². The lowest BCUT2D eigenvalue weighted by atomic mass is 10.2. The number of hydrogen-bond acceptors (Lipinski definition) is 2. The van der Waals surface area contributed by atoms with E-state index >= 15 is 0 Å². The Morgan fingerprint density at radius 1 is 1.00 bits per heavy atom. The standard InChI is InChI=1S/C17H23F3N2O2/c1-3-5-11-22(12-6-4-2)16(24)15(23)21-14-9-7-13(8-10-14)17(18,19)20/h7-10H,3-6,11-12H2,1-2H3,(H,21,23). The molecular formula is C17H23F3N2O2. The van der Waals surface area contributed by atoms with E-state index in [2.05, 4.69) is 5.32 Å². The molecule has 0 radical (unpaired) electrons. The maximum atomic E-state index is 12.5. The average Bonchev–Trinajstić information content (AvgIpc) is 2.54. The fourth-order valence-electron chi connectivity index (χ4n) is 2.08. The number of amides is 2. The molecule has 4 nitrogen and oxygen atoms in total. The predicted molar refractivity (Wildman–Crippen MR) is 86.5 cm³/mol. The second kappa shape index (κ2) is 9.30. The molecule has 1 N–H and O–H groups in total. The third kappa shape index (κ3) is 6.22. The van der Waals surface area contributed by atoms with Crippen LogP contribution in [0, 0.1) is 0 Å². The Balaban J connectivity index is 2.71. The van der Waals surface area contributed by atoms with E-state index in [4.69, 9.17) is 0 Å². The van der Waals surface area contributed by atoms with E-state index in [1.807, 2.05) is 13.8 Å². The van der Waals surface area contributed by atoms with Crippen molar-refractivity contribution in [1.82, 2.24) is 4.90 Å². The number of nitrogens with one attached hydrogen (secondary N) is 1. The molecule has 0 fully saturated rings. The lowest BCUT2D eigenvalue weighted by molar-refractivity contribution is -0.143. The third-order valence-corrected chi connectivity index (χ3v) is 3.51. The van der Waals surface area contributed by atoms with Gasteiger partial charge in [0.05, 0.1) is 5.56 Å². The summed E-state index contributed by atoms with van der Waals surface area (Å²) in [5.41, 5.74) is -0.647. The van der Waals surface area contributed by atoms with Crippen molar-refractivity contribution in [2.75, 3.05) is 18.4 Å². The van der Waals surface area contributed by atoms with E-state index in [9.17, 15) is 22.8 Å². The van der Waals surface area contributed by atoms with Crippen molar-refractivity contribution in [3.8, 4) is 0 Å². The lowest BCUT2D eigenvalue weighted by Crippen LogP contribution is -2.40. The number of nitrogens with zero attached hydrogens (tertiary/aromatic N) is 1. The minimum atomic E-state index is -4.44. The van der Waals surface area contributed by atoms with E-state index in [0.29, 0.717) is 13.1 Å². The first-order chi connectivity index (χ1) is 11.3. The maximum absolute atomic E-state index is 12.5. The van der Waals surface area contributed by atoms with Crippen LogP contribution in [-0.4, -0.2) is 29.8 Å². The van der Waals surface area contributed by atoms with Gasteiger partial charge >= 0.3 is 18.0 Å². The normalized spacial score (nSPS) is 11.2. The highest BCUT2D eigenvalue weighted by Crippen LogP contribution is 2.29. The van der Waals surface area contributed by atoms with Crippen LogP contribution in [0.1, 0.15) is 45.1 Å². The van der Waals surface area contributed by atoms with Gasteiger partial charge in [-0.25, -0.2) is 0 Å². The summed E-state index contributed by atoms with van der Waals surface area (Å²) in [5, 5.41) is 2.36. The molecule has 0 atom stereocenters. The van der Waals surface area contributed by atoms with Crippen LogP contribution >= 0.6 is 0 Å². The molecule has 0 aliphatic rings. The Morgan fingerprint density at radius 2 is 1.50 bits per heavy atom. The summed E-state index contributed by atoms with van der Waals surface area (Å²) in [7, 11) is 0. The van der Waals surface area contributed by atoms with E-state index in [1.165, 1.54) is 4.90 Å². The second-order valence-corrected chi connectivity index (χ2v) is 5.53. The van der Waals surface area contributed by atoms with E-state index < -0.39 is 23.6 Å². The maximum Gasteiger partial charge on any atom is 0.416 e. The van der Waals surface area contributed by atoms with Gasteiger partial charge in [-0.15, -0.1) is 0 Å². The molecule has 0 aliphatic heterocycles. The van der Waals surface area contributed by atoms with Crippen LogP contribution in [0.15, 0.2) is 24.3 Å². The molecule has 1 aromatic rings. The van der Waals surface area contributed by atoms with Gasteiger partial charge in [-0.3, -0.25) is 9.59 Å². The summed E-state index contributed by atoms with van der Waals surface area (Å²) < 4.78 is 37.5.